The van der Waals surface area contributed by atoms with Gasteiger partial charge in [0.25, 0.3) is 0 Å². The van der Waals surface area contributed by atoms with Crippen molar-refractivity contribution in [1.82, 2.24) is 4.31 Å². The Morgan fingerprint density at radius 1 is 1.00 bits per heavy atom. The second-order valence-corrected chi connectivity index (χ2v) is 7.96. The maximum atomic E-state index is 12.1. The first-order valence-electron chi connectivity index (χ1n) is 7.38. The summed E-state index contributed by atoms with van der Waals surface area (Å²) in [5.41, 5.74) is 3.54. The molecule has 0 atom stereocenters. The Kier molecular flexibility index (Phi) is 4.00. The van der Waals surface area contributed by atoms with E-state index in [1.54, 1.807) is 24.3 Å². The fourth-order valence-corrected chi connectivity index (χ4v) is 3.54. The summed E-state index contributed by atoms with van der Waals surface area (Å²) < 4.78 is 31.4. The van der Waals surface area contributed by atoms with Gasteiger partial charge in [0.1, 0.15) is 11.5 Å². The molecule has 0 heterocycles. The van der Waals surface area contributed by atoms with E-state index in [1.807, 2.05) is 18.2 Å². The molecule has 1 aliphatic carbocycles. The number of benzene rings is 2. The molecule has 0 radical (unpaired) electrons. The minimum atomic E-state index is -3.41. The van der Waals surface area contributed by atoms with E-state index in [2.05, 4.69) is 13.0 Å². The summed E-state index contributed by atoms with van der Waals surface area (Å²) in [4.78, 5) is 0.257. The normalized spacial score (nSPS) is 14.3. The van der Waals surface area contributed by atoms with E-state index in [0.717, 1.165) is 17.7 Å². The molecule has 0 aromatic heterocycles. The van der Waals surface area contributed by atoms with Crippen molar-refractivity contribution in [2.75, 3.05) is 14.1 Å². The number of hydrogen-bond donors (Lipinski definition) is 0. The van der Waals surface area contributed by atoms with E-state index >= 15 is 0 Å². The fraction of sp³-hybridized carbons (Fsp3) is 0.222. The van der Waals surface area contributed by atoms with E-state index in [9.17, 15) is 8.42 Å². The zero-order chi connectivity index (χ0) is 16.6. The maximum Gasteiger partial charge on any atom is 0.242 e. The average Bonchev–Trinajstić information content (AvgIpc) is 2.84. The summed E-state index contributed by atoms with van der Waals surface area (Å²) >= 11 is 0. The molecule has 0 bridgehead atoms. The molecule has 0 unspecified atom stereocenters. The second-order valence-electron chi connectivity index (χ2n) is 5.80. The molecule has 4 nitrogen and oxygen atoms in total. The highest BCUT2D eigenvalue weighted by molar-refractivity contribution is 7.89. The van der Waals surface area contributed by atoms with Gasteiger partial charge in [-0.15, -0.1) is 0 Å². The molecular formula is C18H19NO3S. The van der Waals surface area contributed by atoms with Gasteiger partial charge in [-0.1, -0.05) is 24.3 Å². The summed E-state index contributed by atoms with van der Waals surface area (Å²) in [6.45, 7) is 2.06. The summed E-state index contributed by atoms with van der Waals surface area (Å²) in [5, 5.41) is 0. The van der Waals surface area contributed by atoms with Gasteiger partial charge >= 0.3 is 0 Å². The third-order valence-electron chi connectivity index (χ3n) is 3.93. The molecular weight excluding hydrogens is 310 g/mol. The fourth-order valence-electron chi connectivity index (χ4n) is 2.64. The van der Waals surface area contributed by atoms with Crippen molar-refractivity contribution in [3.63, 3.8) is 0 Å². The van der Waals surface area contributed by atoms with E-state index in [4.69, 9.17) is 4.74 Å². The van der Waals surface area contributed by atoms with Gasteiger partial charge in [-0.05, 0) is 48.7 Å². The largest absolute Gasteiger partial charge is 0.457 e. The minimum Gasteiger partial charge on any atom is -0.457 e. The first-order chi connectivity index (χ1) is 10.9. The third kappa shape index (κ3) is 2.90. The van der Waals surface area contributed by atoms with E-state index < -0.39 is 10.0 Å². The number of allylic oxidation sites excluding steroid dienone is 1. The molecule has 0 aliphatic heterocycles. The summed E-state index contributed by atoms with van der Waals surface area (Å²) in [6, 6.07) is 14.7. The van der Waals surface area contributed by atoms with E-state index in [-0.39, 0.29) is 4.90 Å². The Balaban J connectivity index is 1.87. The van der Waals surface area contributed by atoms with Crippen LogP contribution in [-0.4, -0.2) is 26.8 Å². The van der Waals surface area contributed by atoms with Gasteiger partial charge in [0.05, 0.1) is 4.90 Å². The highest BCUT2D eigenvalue weighted by atomic mass is 32.2. The number of hydrogen-bond acceptors (Lipinski definition) is 3. The lowest BCUT2D eigenvalue weighted by Gasteiger charge is -2.13. The zero-order valence-corrected chi connectivity index (χ0v) is 14.2. The van der Waals surface area contributed by atoms with Crippen molar-refractivity contribution in [2.45, 2.75) is 18.2 Å². The summed E-state index contributed by atoms with van der Waals surface area (Å²) in [6.07, 6.45) is 0.887. The predicted octanol–water partition coefficient (Wildman–Crippen LogP) is 3.30. The van der Waals surface area contributed by atoms with Gasteiger partial charge in [0.15, 0.2) is 0 Å². The van der Waals surface area contributed by atoms with Crippen LogP contribution in [0.1, 0.15) is 18.1 Å². The van der Waals surface area contributed by atoms with Crippen LogP contribution in [0.2, 0.25) is 0 Å². The minimum absolute atomic E-state index is 0.257. The Labute approximate surface area is 137 Å². The number of rotatable bonds is 4. The summed E-state index contributed by atoms with van der Waals surface area (Å²) in [7, 11) is -0.380. The number of nitrogens with zero attached hydrogens (tertiary/aromatic N) is 1. The molecule has 3 rings (SSSR count). The molecule has 0 amide bonds. The summed E-state index contributed by atoms with van der Waals surface area (Å²) in [5.74, 6) is 1.50. The van der Waals surface area contributed by atoms with Crippen LogP contribution in [0.5, 0.6) is 5.75 Å². The van der Waals surface area contributed by atoms with Gasteiger partial charge in [0, 0.05) is 19.7 Å². The molecule has 5 heteroatoms. The molecule has 0 spiro atoms. The average molecular weight is 329 g/mol. The quantitative estimate of drug-likeness (QED) is 0.864. The lowest BCUT2D eigenvalue weighted by atomic mass is 10.1. The lowest BCUT2D eigenvalue weighted by Crippen LogP contribution is -2.22. The lowest BCUT2D eigenvalue weighted by molar-refractivity contribution is 0.510. The van der Waals surface area contributed by atoms with Crippen molar-refractivity contribution >= 4 is 15.8 Å². The molecule has 2 aromatic rings. The van der Waals surface area contributed by atoms with Crippen LogP contribution in [0, 0.1) is 0 Å². The van der Waals surface area contributed by atoms with Crippen LogP contribution >= 0.6 is 0 Å². The number of sulfonamides is 1. The van der Waals surface area contributed by atoms with Gasteiger partial charge in [-0.2, -0.15) is 0 Å². The molecule has 2 aromatic carbocycles. The standard InChI is InChI=1S/C18H19NO3S/c1-13-12-14-6-4-5-7-17(14)18(13)22-15-8-10-16(11-9-15)23(20,21)19(2)3/h4-11H,12H2,1-3H3. The van der Waals surface area contributed by atoms with Crippen molar-refractivity contribution in [3.8, 4) is 5.75 Å². The molecule has 0 N–H and O–H groups in total. The first kappa shape index (κ1) is 15.8. The van der Waals surface area contributed by atoms with Crippen molar-refractivity contribution < 1.29 is 13.2 Å². The topological polar surface area (TPSA) is 46.6 Å². The Bertz CT molecular complexity index is 865. The van der Waals surface area contributed by atoms with Crippen molar-refractivity contribution in [1.29, 1.82) is 0 Å². The zero-order valence-electron chi connectivity index (χ0n) is 13.4. The van der Waals surface area contributed by atoms with Gasteiger partial charge in [0.2, 0.25) is 10.0 Å². The first-order valence-corrected chi connectivity index (χ1v) is 8.82. The second kappa shape index (κ2) is 5.83. The smallest absolute Gasteiger partial charge is 0.242 e. The van der Waals surface area contributed by atoms with E-state index in [0.29, 0.717) is 5.75 Å². The van der Waals surface area contributed by atoms with Crippen molar-refractivity contribution in [2.24, 2.45) is 0 Å². The highest BCUT2D eigenvalue weighted by Crippen LogP contribution is 2.34. The number of fused-ring (bicyclic) bond motifs is 1. The molecule has 120 valence electrons. The predicted molar refractivity (Wildman–Crippen MR) is 90.7 cm³/mol. The molecule has 0 fully saturated rings. The number of ether oxygens (including phenoxy) is 1. The molecule has 23 heavy (non-hydrogen) atoms. The SMILES string of the molecule is CC1=C(Oc2ccc(S(=O)(=O)N(C)C)cc2)c2ccccc2C1. The molecule has 0 saturated carbocycles. The van der Waals surface area contributed by atoms with Crippen LogP contribution in [0.15, 0.2) is 59.0 Å². The van der Waals surface area contributed by atoms with Crippen LogP contribution in [-0.2, 0) is 16.4 Å². The molecule has 1 aliphatic rings. The monoisotopic (exact) mass is 329 g/mol. The Morgan fingerprint density at radius 2 is 1.65 bits per heavy atom. The molecule has 0 saturated heterocycles. The highest BCUT2D eigenvalue weighted by Gasteiger charge is 2.21. The van der Waals surface area contributed by atoms with Gasteiger partial charge in [-0.25, -0.2) is 12.7 Å². The Morgan fingerprint density at radius 3 is 2.30 bits per heavy atom. The van der Waals surface area contributed by atoms with Crippen LogP contribution in [0.25, 0.3) is 5.76 Å². The van der Waals surface area contributed by atoms with Crippen molar-refractivity contribution in [3.05, 3.63) is 65.2 Å². The van der Waals surface area contributed by atoms with Gasteiger partial charge < -0.3 is 4.74 Å². The third-order valence-corrected chi connectivity index (χ3v) is 5.76. The van der Waals surface area contributed by atoms with Crippen LogP contribution in [0.3, 0.4) is 0 Å². The van der Waals surface area contributed by atoms with Gasteiger partial charge in [-0.3, -0.25) is 0 Å². The maximum absolute atomic E-state index is 12.1. The Hall–Kier alpha value is -2.11. The van der Waals surface area contributed by atoms with E-state index in [1.165, 1.54) is 29.5 Å². The van der Waals surface area contributed by atoms with Crippen LogP contribution in [0.4, 0.5) is 0 Å². The van der Waals surface area contributed by atoms with Crippen LogP contribution < -0.4 is 4.74 Å².